The Morgan fingerprint density at radius 1 is 1.07 bits per heavy atom. The fourth-order valence-electron chi connectivity index (χ4n) is 0.272. The minimum Gasteiger partial charge on any atom is -0.478 e. The summed E-state index contributed by atoms with van der Waals surface area (Å²) in [6.45, 7) is 2.96. The fourth-order valence-corrected chi connectivity index (χ4v) is 0.272. The normalized spacial score (nSPS) is 8.40. The molecule has 0 saturated heterocycles. The Kier molecular flexibility index (Phi) is 10.2. The number of hydrogen-bond acceptors (Lipinski definition) is 5. The molecule has 0 heterocycles. The van der Waals surface area contributed by atoms with Gasteiger partial charge in [0.2, 0.25) is 0 Å². The van der Waals surface area contributed by atoms with E-state index in [0.717, 1.165) is 18.2 Å². The molecule has 0 rings (SSSR count). The number of carbonyl (C=O) groups excluding carboxylic acids is 2. The van der Waals surface area contributed by atoms with E-state index in [2.05, 4.69) is 16.1 Å². The van der Waals surface area contributed by atoms with Gasteiger partial charge in [-0.05, 0) is 0 Å². The van der Waals surface area contributed by atoms with Crippen LogP contribution in [0.5, 0.6) is 0 Å². The van der Waals surface area contributed by atoms with Crippen molar-refractivity contribution < 1.29 is 29.0 Å². The van der Waals surface area contributed by atoms with Crippen molar-refractivity contribution in [2.75, 3.05) is 14.2 Å². The van der Waals surface area contributed by atoms with Crippen LogP contribution in [0, 0.1) is 0 Å². The monoisotopic (exact) mass is 216 g/mol. The molecule has 0 aliphatic carbocycles. The number of esters is 2. The number of aliphatic carboxylic acids is 1. The van der Waals surface area contributed by atoms with Crippen molar-refractivity contribution in [2.45, 2.75) is 0 Å². The van der Waals surface area contributed by atoms with Gasteiger partial charge in [-0.3, -0.25) is 0 Å². The third-order valence-electron chi connectivity index (χ3n) is 0.932. The second kappa shape index (κ2) is 9.97. The van der Waals surface area contributed by atoms with Gasteiger partial charge in [-0.1, -0.05) is 6.58 Å². The van der Waals surface area contributed by atoms with Gasteiger partial charge in [-0.25, -0.2) is 14.4 Å². The fraction of sp³-hybridized carbons (Fsp3) is 0.222. The van der Waals surface area contributed by atoms with Crippen LogP contribution in [-0.2, 0) is 23.9 Å². The molecule has 1 N–H and O–H groups in total. The summed E-state index contributed by atoms with van der Waals surface area (Å²) in [4.78, 5) is 29.9. The summed E-state index contributed by atoms with van der Waals surface area (Å²) in [5.74, 6) is -2.14. The van der Waals surface area contributed by atoms with Crippen LogP contribution in [0.25, 0.3) is 0 Å². The van der Waals surface area contributed by atoms with E-state index in [1.165, 1.54) is 14.2 Å². The number of methoxy groups -OCH3 is 2. The van der Waals surface area contributed by atoms with E-state index < -0.39 is 17.9 Å². The van der Waals surface area contributed by atoms with Crippen molar-refractivity contribution in [3.8, 4) is 0 Å². The highest BCUT2D eigenvalue weighted by atomic mass is 16.5. The van der Waals surface area contributed by atoms with Gasteiger partial charge in [-0.2, -0.15) is 0 Å². The lowest BCUT2D eigenvalue weighted by Gasteiger charge is -1.89. The van der Waals surface area contributed by atoms with E-state index in [0.29, 0.717) is 0 Å². The van der Waals surface area contributed by atoms with Gasteiger partial charge < -0.3 is 14.6 Å². The Hall–Kier alpha value is -2.11. The van der Waals surface area contributed by atoms with E-state index in [9.17, 15) is 14.4 Å². The first kappa shape index (κ1) is 15.4. The SMILES string of the molecule is C=CC(=O)O.COC(=O)C=CC(=O)OC. The van der Waals surface area contributed by atoms with Gasteiger partial charge in [0.05, 0.1) is 14.2 Å². The summed E-state index contributed by atoms with van der Waals surface area (Å²) in [5, 5.41) is 7.60. The molecule has 0 aliphatic heterocycles. The summed E-state index contributed by atoms with van der Waals surface area (Å²) >= 11 is 0. The molecule has 0 bridgehead atoms. The Labute approximate surface area is 86.8 Å². The molecule has 0 aliphatic rings. The van der Waals surface area contributed by atoms with Crippen LogP contribution < -0.4 is 0 Å². The van der Waals surface area contributed by atoms with E-state index in [1.807, 2.05) is 0 Å². The molecule has 0 fully saturated rings. The molecule has 6 heteroatoms. The Bertz CT molecular complexity index is 248. The van der Waals surface area contributed by atoms with Crippen molar-refractivity contribution in [3.63, 3.8) is 0 Å². The van der Waals surface area contributed by atoms with Gasteiger partial charge in [0.15, 0.2) is 0 Å². The molecule has 0 aromatic heterocycles. The summed E-state index contributed by atoms with van der Waals surface area (Å²) in [6, 6.07) is 0. The molecular formula is C9H12O6. The van der Waals surface area contributed by atoms with Crippen molar-refractivity contribution in [2.24, 2.45) is 0 Å². The molecule has 84 valence electrons. The predicted octanol–water partition coefficient (Wildman–Crippen LogP) is 0.146. The zero-order valence-corrected chi connectivity index (χ0v) is 8.43. The summed E-state index contributed by atoms with van der Waals surface area (Å²) < 4.78 is 8.42. The van der Waals surface area contributed by atoms with Gasteiger partial charge in [0, 0.05) is 18.2 Å². The zero-order valence-electron chi connectivity index (χ0n) is 8.43. The number of carboxylic acid groups (broad SMARTS) is 1. The van der Waals surface area contributed by atoms with Crippen molar-refractivity contribution in [1.29, 1.82) is 0 Å². The highest BCUT2D eigenvalue weighted by molar-refractivity contribution is 5.91. The highest BCUT2D eigenvalue weighted by Gasteiger charge is 1.94. The lowest BCUT2D eigenvalue weighted by molar-refractivity contribution is -0.137. The average molecular weight is 216 g/mol. The van der Waals surface area contributed by atoms with Gasteiger partial charge in [-0.15, -0.1) is 0 Å². The smallest absolute Gasteiger partial charge is 0.330 e. The lowest BCUT2D eigenvalue weighted by Crippen LogP contribution is -1.98. The van der Waals surface area contributed by atoms with Gasteiger partial charge >= 0.3 is 17.9 Å². The molecule has 0 atom stereocenters. The molecular weight excluding hydrogens is 204 g/mol. The second-order valence-electron chi connectivity index (χ2n) is 1.92. The predicted molar refractivity (Wildman–Crippen MR) is 51.0 cm³/mol. The number of ether oxygens (including phenoxy) is 2. The van der Waals surface area contributed by atoms with Gasteiger partial charge in [0.1, 0.15) is 0 Å². The second-order valence-corrected chi connectivity index (χ2v) is 1.92. The third-order valence-corrected chi connectivity index (χ3v) is 0.932. The maximum atomic E-state index is 10.3. The summed E-state index contributed by atoms with van der Waals surface area (Å²) in [6.07, 6.45) is 2.82. The molecule has 0 aromatic carbocycles. The van der Waals surface area contributed by atoms with E-state index in [4.69, 9.17) is 5.11 Å². The highest BCUT2D eigenvalue weighted by Crippen LogP contribution is 1.80. The minimum absolute atomic E-state index is 0.578. The lowest BCUT2D eigenvalue weighted by atomic mass is 10.5. The Morgan fingerprint density at radius 3 is 1.47 bits per heavy atom. The van der Waals surface area contributed by atoms with Crippen LogP contribution >= 0.6 is 0 Å². The summed E-state index contributed by atoms with van der Waals surface area (Å²) in [5.41, 5.74) is 0. The molecule has 0 aromatic rings. The van der Waals surface area contributed by atoms with Crippen LogP contribution in [0.3, 0.4) is 0 Å². The number of hydrogen-bond donors (Lipinski definition) is 1. The topological polar surface area (TPSA) is 89.9 Å². The maximum Gasteiger partial charge on any atom is 0.330 e. The maximum absolute atomic E-state index is 10.3. The van der Waals surface area contributed by atoms with Crippen LogP contribution in [-0.4, -0.2) is 37.2 Å². The average Bonchev–Trinajstić information content (AvgIpc) is 2.25. The Balaban J connectivity index is 0. The minimum atomic E-state index is -0.981. The van der Waals surface area contributed by atoms with Gasteiger partial charge in [0.25, 0.3) is 0 Å². The number of carbonyl (C=O) groups is 3. The van der Waals surface area contributed by atoms with E-state index in [-0.39, 0.29) is 0 Å². The molecule has 0 amide bonds. The van der Waals surface area contributed by atoms with Crippen LogP contribution in [0.15, 0.2) is 24.8 Å². The largest absolute Gasteiger partial charge is 0.478 e. The van der Waals surface area contributed by atoms with Crippen LogP contribution in [0.1, 0.15) is 0 Å². The van der Waals surface area contributed by atoms with Crippen molar-refractivity contribution >= 4 is 17.9 Å². The first-order valence-corrected chi connectivity index (χ1v) is 3.67. The summed E-state index contributed by atoms with van der Waals surface area (Å²) in [7, 11) is 2.45. The van der Waals surface area contributed by atoms with Crippen LogP contribution in [0.4, 0.5) is 0 Å². The first-order valence-electron chi connectivity index (χ1n) is 3.67. The van der Waals surface area contributed by atoms with E-state index >= 15 is 0 Å². The molecule has 0 unspecified atom stereocenters. The number of carboxylic acids is 1. The zero-order chi connectivity index (χ0) is 12.3. The van der Waals surface area contributed by atoms with Crippen molar-refractivity contribution in [1.82, 2.24) is 0 Å². The third kappa shape index (κ3) is 14.7. The molecule has 0 spiro atoms. The van der Waals surface area contributed by atoms with Crippen LogP contribution in [0.2, 0.25) is 0 Å². The standard InChI is InChI=1S/C6H8O4.C3H4O2/c1-9-5(7)3-4-6(8)10-2;1-2-3(4)5/h3-4H,1-2H3;2H,1H2,(H,4,5). The molecule has 0 saturated carbocycles. The molecule has 6 nitrogen and oxygen atoms in total. The Morgan fingerprint density at radius 2 is 1.33 bits per heavy atom. The van der Waals surface area contributed by atoms with E-state index in [1.54, 1.807) is 0 Å². The quantitative estimate of drug-likeness (QED) is 0.533. The molecule has 15 heavy (non-hydrogen) atoms. The first-order chi connectivity index (χ1) is 6.97. The van der Waals surface area contributed by atoms with Crippen molar-refractivity contribution in [3.05, 3.63) is 24.8 Å². The number of rotatable bonds is 3. The molecule has 0 radical (unpaired) electrons.